The van der Waals surface area contributed by atoms with Gasteiger partial charge in [0.25, 0.3) is 5.91 Å². The average Bonchev–Trinajstić information content (AvgIpc) is 3.32. The standard InChI is InChI=1S/C19H23N3O2S.ClH/c20-11-15-12-22(13-16(15)14-5-2-1-3-6-14)18(23)8-9-21-19(24)17-7-4-10-25-17;/h1-7,10,15-16H,8-9,11-13,20H2,(H,21,24);1H/t15-,16+;/m1./s1. The summed E-state index contributed by atoms with van der Waals surface area (Å²) in [5.41, 5.74) is 7.16. The number of halogens is 1. The lowest BCUT2D eigenvalue weighted by Gasteiger charge is -2.17. The third-order valence-corrected chi connectivity index (χ3v) is 5.56. The minimum Gasteiger partial charge on any atom is -0.351 e. The van der Waals surface area contributed by atoms with Crippen LogP contribution in [0.15, 0.2) is 47.8 Å². The van der Waals surface area contributed by atoms with Crippen LogP contribution in [0.1, 0.15) is 27.6 Å². The fourth-order valence-electron chi connectivity index (χ4n) is 3.33. The van der Waals surface area contributed by atoms with E-state index in [4.69, 9.17) is 5.73 Å². The second-order valence-corrected chi connectivity index (χ2v) is 7.24. The van der Waals surface area contributed by atoms with Crippen LogP contribution in [0.25, 0.3) is 0 Å². The van der Waals surface area contributed by atoms with Gasteiger partial charge in [0.2, 0.25) is 5.91 Å². The molecule has 0 spiro atoms. The van der Waals surface area contributed by atoms with Crippen LogP contribution >= 0.6 is 23.7 Å². The molecule has 1 aromatic carbocycles. The molecule has 1 fully saturated rings. The SMILES string of the molecule is Cl.NC[C@@H]1CN(C(=O)CCNC(=O)c2cccs2)C[C@H]1c1ccccc1. The van der Waals surface area contributed by atoms with Crippen molar-refractivity contribution in [2.45, 2.75) is 12.3 Å². The third-order valence-electron chi connectivity index (χ3n) is 4.69. The molecule has 1 aliphatic heterocycles. The maximum absolute atomic E-state index is 12.5. The van der Waals surface area contributed by atoms with Crippen LogP contribution in [0.3, 0.4) is 0 Å². The van der Waals surface area contributed by atoms with Gasteiger partial charge in [-0.3, -0.25) is 9.59 Å². The number of benzene rings is 1. The quantitative estimate of drug-likeness (QED) is 0.791. The average molecular weight is 394 g/mol. The fourth-order valence-corrected chi connectivity index (χ4v) is 3.97. The Morgan fingerprint density at radius 2 is 1.92 bits per heavy atom. The maximum Gasteiger partial charge on any atom is 0.261 e. The highest BCUT2D eigenvalue weighted by atomic mass is 35.5. The Morgan fingerprint density at radius 1 is 1.15 bits per heavy atom. The molecule has 0 bridgehead atoms. The van der Waals surface area contributed by atoms with Gasteiger partial charge in [-0.15, -0.1) is 23.7 Å². The Hall–Kier alpha value is -1.89. The number of nitrogens with zero attached hydrogens (tertiary/aromatic N) is 1. The predicted molar refractivity (Wildman–Crippen MR) is 107 cm³/mol. The number of carbonyl (C=O) groups excluding carboxylic acids is 2. The first kappa shape index (κ1) is 20.4. The largest absolute Gasteiger partial charge is 0.351 e. The summed E-state index contributed by atoms with van der Waals surface area (Å²) in [5, 5.41) is 4.67. The van der Waals surface area contributed by atoms with Gasteiger partial charge in [-0.2, -0.15) is 0 Å². The van der Waals surface area contributed by atoms with E-state index in [-0.39, 0.29) is 36.1 Å². The Kier molecular flexibility index (Phi) is 7.63. The van der Waals surface area contributed by atoms with E-state index in [9.17, 15) is 9.59 Å². The van der Waals surface area contributed by atoms with Crippen molar-refractivity contribution in [3.05, 3.63) is 58.3 Å². The van der Waals surface area contributed by atoms with E-state index in [2.05, 4.69) is 17.4 Å². The summed E-state index contributed by atoms with van der Waals surface area (Å²) in [6.07, 6.45) is 0.315. The van der Waals surface area contributed by atoms with Gasteiger partial charge in [0, 0.05) is 32.0 Å². The van der Waals surface area contributed by atoms with Crippen LogP contribution in [0.4, 0.5) is 0 Å². The molecule has 1 aromatic heterocycles. The third kappa shape index (κ3) is 4.84. The minimum atomic E-state index is -0.119. The molecule has 5 nitrogen and oxygen atoms in total. The van der Waals surface area contributed by atoms with Crippen molar-refractivity contribution < 1.29 is 9.59 Å². The van der Waals surface area contributed by atoms with Crippen molar-refractivity contribution in [2.24, 2.45) is 11.7 Å². The van der Waals surface area contributed by atoms with Crippen molar-refractivity contribution in [3.8, 4) is 0 Å². The van der Waals surface area contributed by atoms with Crippen LogP contribution in [0, 0.1) is 5.92 Å². The molecule has 2 amide bonds. The Balaban J connectivity index is 0.00000243. The molecule has 2 aromatic rings. The van der Waals surface area contributed by atoms with Gasteiger partial charge < -0.3 is 16.0 Å². The summed E-state index contributed by atoms with van der Waals surface area (Å²) in [7, 11) is 0. The number of nitrogens with one attached hydrogen (secondary N) is 1. The van der Waals surface area contributed by atoms with Crippen LogP contribution in [-0.4, -0.2) is 42.9 Å². The molecular formula is C19H24ClN3O2S. The minimum absolute atomic E-state index is 0. The Morgan fingerprint density at radius 3 is 2.58 bits per heavy atom. The molecule has 3 N–H and O–H groups in total. The number of rotatable bonds is 6. The first-order valence-corrected chi connectivity index (χ1v) is 9.41. The smallest absolute Gasteiger partial charge is 0.261 e. The first-order valence-electron chi connectivity index (χ1n) is 8.53. The lowest BCUT2D eigenvalue weighted by Crippen LogP contribution is -2.33. The van der Waals surface area contributed by atoms with Gasteiger partial charge in [0.1, 0.15) is 0 Å². The van der Waals surface area contributed by atoms with E-state index >= 15 is 0 Å². The van der Waals surface area contributed by atoms with Gasteiger partial charge in [0.15, 0.2) is 0 Å². The van der Waals surface area contributed by atoms with Crippen molar-refractivity contribution in [1.29, 1.82) is 0 Å². The monoisotopic (exact) mass is 393 g/mol. The number of carbonyl (C=O) groups is 2. The summed E-state index contributed by atoms with van der Waals surface area (Å²) < 4.78 is 0. The van der Waals surface area contributed by atoms with Gasteiger partial charge >= 0.3 is 0 Å². The second kappa shape index (κ2) is 9.71. The molecule has 0 aliphatic carbocycles. The molecule has 0 unspecified atom stereocenters. The molecule has 7 heteroatoms. The highest BCUT2D eigenvalue weighted by molar-refractivity contribution is 7.12. The number of likely N-dealkylation sites (tertiary alicyclic amines) is 1. The van der Waals surface area contributed by atoms with E-state index in [1.807, 2.05) is 34.5 Å². The van der Waals surface area contributed by atoms with Crippen molar-refractivity contribution in [2.75, 3.05) is 26.2 Å². The zero-order valence-electron chi connectivity index (χ0n) is 14.5. The molecule has 26 heavy (non-hydrogen) atoms. The molecule has 0 radical (unpaired) electrons. The number of hydrogen-bond donors (Lipinski definition) is 2. The van der Waals surface area contributed by atoms with Crippen molar-refractivity contribution >= 4 is 35.6 Å². The fraction of sp³-hybridized carbons (Fsp3) is 0.368. The van der Waals surface area contributed by atoms with Crippen molar-refractivity contribution in [1.82, 2.24) is 10.2 Å². The van der Waals surface area contributed by atoms with E-state index < -0.39 is 0 Å². The topological polar surface area (TPSA) is 75.4 Å². The number of nitrogens with two attached hydrogens (primary N) is 1. The lowest BCUT2D eigenvalue weighted by molar-refractivity contribution is -0.130. The van der Waals surface area contributed by atoms with Crippen LogP contribution in [-0.2, 0) is 4.79 Å². The zero-order chi connectivity index (χ0) is 17.6. The Labute approximate surface area is 164 Å². The zero-order valence-corrected chi connectivity index (χ0v) is 16.1. The highest BCUT2D eigenvalue weighted by Gasteiger charge is 2.34. The summed E-state index contributed by atoms with van der Waals surface area (Å²) in [5.74, 6) is 0.525. The summed E-state index contributed by atoms with van der Waals surface area (Å²) in [6.45, 7) is 2.31. The van der Waals surface area contributed by atoms with Gasteiger partial charge in [-0.05, 0) is 29.5 Å². The summed E-state index contributed by atoms with van der Waals surface area (Å²) >= 11 is 1.40. The molecule has 140 valence electrons. The second-order valence-electron chi connectivity index (χ2n) is 6.29. The molecule has 2 atom stereocenters. The van der Waals surface area contributed by atoms with E-state index in [1.165, 1.54) is 16.9 Å². The van der Waals surface area contributed by atoms with Crippen LogP contribution < -0.4 is 11.1 Å². The maximum atomic E-state index is 12.5. The number of amides is 2. The number of hydrogen-bond acceptors (Lipinski definition) is 4. The molecule has 2 heterocycles. The first-order chi connectivity index (χ1) is 12.2. The van der Waals surface area contributed by atoms with E-state index in [1.54, 1.807) is 6.07 Å². The van der Waals surface area contributed by atoms with E-state index in [0.29, 0.717) is 37.5 Å². The molecule has 3 rings (SSSR count). The normalized spacial score (nSPS) is 19.0. The molecular weight excluding hydrogens is 370 g/mol. The van der Waals surface area contributed by atoms with Crippen LogP contribution in [0.5, 0.6) is 0 Å². The Bertz CT molecular complexity index is 709. The summed E-state index contributed by atoms with van der Waals surface area (Å²) in [6, 6.07) is 13.9. The van der Waals surface area contributed by atoms with Crippen LogP contribution in [0.2, 0.25) is 0 Å². The van der Waals surface area contributed by atoms with Gasteiger partial charge in [-0.1, -0.05) is 36.4 Å². The van der Waals surface area contributed by atoms with Gasteiger partial charge in [-0.25, -0.2) is 0 Å². The molecule has 1 saturated heterocycles. The van der Waals surface area contributed by atoms with Crippen molar-refractivity contribution in [3.63, 3.8) is 0 Å². The highest BCUT2D eigenvalue weighted by Crippen LogP contribution is 2.32. The van der Waals surface area contributed by atoms with Gasteiger partial charge in [0.05, 0.1) is 4.88 Å². The predicted octanol–water partition coefficient (Wildman–Crippen LogP) is 2.49. The molecule has 1 aliphatic rings. The number of thiophene rings is 1. The van der Waals surface area contributed by atoms with E-state index in [0.717, 1.165) is 0 Å². The summed E-state index contributed by atoms with van der Waals surface area (Å²) in [4.78, 5) is 26.9. The molecule has 0 saturated carbocycles. The lowest BCUT2D eigenvalue weighted by atomic mass is 9.89.